The number of Topliss-reactive ketones (excluding diaryl/α,β-unsaturated/α-hetero) is 1. The molecule has 0 saturated carbocycles. The van der Waals surface area contributed by atoms with Gasteiger partial charge < -0.3 is 0 Å². The van der Waals surface area contributed by atoms with Gasteiger partial charge in [0, 0.05) is 13.0 Å². The van der Waals surface area contributed by atoms with Gasteiger partial charge in [-0.25, -0.2) is 0 Å². The molecule has 5 nitrogen and oxygen atoms in total. The van der Waals surface area contributed by atoms with Crippen molar-refractivity contribution in [3.8, 4) is 0 Å². The minimum absolute atomic E-state index is 0.0394. The first-order chi connectivity index (χ1) is 6.89. The van der Waals surface area contributed by atoms with E-state index in [-0.39, 0.29) is 25.4 Å². The molecule has 0 unspecified atom stereocenters. The van der Waals surface area contributed by atoms with Crippen molar-refractivity contribution in [2.45, 2.75) is 26.7 Å². The molecule has 0 aromatic carbocycles. The van der Waals surface area contributed by atoms with E-state index in [0.717, 1.165) is 0 Å². The molecule has 1 N–H and O–H groups in total. The van der Waals surface area contributed by atoms with Gasteiger partial charge in [0.05, 0.1) is 6.61 Å². The molecule has 0 amide bonds. The van der Waals surface area contributed by atoms with Gasteiger partial charge in [0.1, 0.15) is 0 Å². The highest BCUT2D eigenvalue weighted by Gasteiger charge is 2.10. The van der Waals surface area contributed by atoms with Crippen LogP contribution in [-0.2, 0) is 19.3 Å². The largest absolute Gasteiger partial charge is 0.335 e. The molecule has 0 rings (SSSR count). The topological polar surface area (TPSA) is 72.5 Å². The van der Waals surface area contributed by atoms with Crippen LogP contribution in [0.4, 0.5) is 0 Å². The maximum Gasteiger partial charge on any atom is 0.335 e. The number of nitrogens with one attached hydrogen (secondary N) is 1. The number of carbonyl (C=O) groups is 1. The van der Waals surface area contributed by atoms with E-state index in [9.17, 15) is 13.2 Å². The Morgan fingerprint density at radius 1 is 1.47 bits per heavy atom. The molecule has 0 aromatic rings. The highest BCUT2D eigenvalue weighted by Crippen LogP contribution is 1.95. The Balaban J connectivity index is 3.85. The van der Waals surface area contributed by atoms with Crippen molar-refractivity contribution in [3.63, 3.8) is 0 Å². The second-order valence-corrected chi connectivity index (χ2v) is 4.56. The van der Waals surface area contributed by atoms with E-state index in [1.165, 1.54) is 0 Å². The number of ketones is 1. The molecule has 0 aliphatic heterocycles. The van der Waals surface area contributed by atoms with Crippen LogP contribution < -0.4 is 4.72 Å². The smallest absolute Gasteiger partial charge is 0.295 e. The molecule has 6 heteroatoms. The summed E-state index contributed by atoms with van der Waals surface area (Å²) in [5.41, 5.74) is 0.420. The van der Waals surface area contributed by atoms with Crippen molar-refractivity contribution >= 4 is 16.1 Å². The molecule has 0 fully saturated rings. The van der Waals surface area contributed by atoms with Gasteiger partial charge in [0.25, 0.3) is 0 Å². The molecular weight excluding hydrogens is 218 g/mol. The second kappa shape index (κ2) is 6.71. The zero-order valence-corrected chi connectivity index (χ0v) is 9.89. The first kappa shape index (κ1) is 14.3. The quantitative estimate of drug-likeness (QED) is 0.631. The Morgan fingerprint density at radius 2 is 2.07 bits per heavy atom. The minimum Gasteiger partial charge on any atom is -0.295 e. The third-order valence-corrected chi connectivity index (χ3v) is 2.58. The average Bonchev–Trinajstić information content (AvgIpc) is 2.14. The number of carbonyl (C=O) groups excluding carboxylic acids is 1. The van der Waals surface area contributed by atoms with Gasteiger partial charge in [-0.15, -0.1) is 0 Å². The highest BCUT2D eigenvalue weighted by molar-refractivity contribution is 7.84. The maximum atomic E-state index is 11.1. The second-order valence-electron chi connectivity index (χ2n) is 3.12. The summed E-state index contributed by atoms with van der Waals surface area (Å²) in [4.78, 5) is 11.1. The van der Waals surface area contributed by atoms with Gasteiger partial charge in [-0.1, -0.05) is 13.5 Å². The molecule has 0 heterocycles. The molecule has 0 aromatic heterocycles. The lowest BCUT2D eigenvalue weighted by Crippen LogP contribution is -2.28. The van der Waals surface area contributed by atoms with Crippen LogP contribution in [0.15, 0.2) is 12.2 Å². The predicted octanol–water partition coefficient (Wildman–Crippen LogP) is 0.783. The van der Waals surface area contributed by atoms with Crippen molar-refractivity contribution in [1.29, 1.82) is 0 Å². The standard InChI is InChI=1S/C9H17NO4S/c1-4-7-14-15(12,13)10-6-5-9(11)8(2)3/h10H,2,4-7H2,1,3H3. The SMILES string of the molecule is C=C(C)C(=O)CCNS(=O)(=O)OCCC. The zero-order chi connectivity index (χ0) is 11.9. The van der Waals surface area contributed by atoms with E-state index >= 15 is 0 Å². The molecule has 0 spiro atoms. The maximum absolute atomic E-state index is 11.1. The number of allylic oxidation sites excluding steroid dienone is 1. The van der Waals surface area contributed by atoms with Crippen LogP contribution >= 0.6 is 0 Å². The lowest BCUT2D eigenvalue weighted by Gasteiger charge is -2.05. The number of rotatable bonds is 8. The number of hydrogen-bond donors (Lipinski definition) is 1. The van der Waals surface area contributed by atoms with Crippen molar-refractivity contribution < 1.29 is 17.4 Å². The fourth-order valence-corrected chi connectivity index (χ4v) is 1.56. The molecule has 0 bridgehead atoms. The summed E-state index contributed by atoms with van der Waals surface area (Å²) in [7, 11) is -3.70. The van der Waals surface area contributed by atoms with E-state index < -0.39 is 10.3 Å². The van der Waals surface area contributed by atoms with Gasteiger partial charge in [-0.3, -0.25) is 8.98 Å². The molecule has 0 aliphatic rings. The normalized spacial score (nSPS) is 11.3. The fraction of sp³-hybridized carbons (Fsp3) is 0.667. The summed E-state index contributed by atoms with van der Waals surface area (Å²) >= 11 is 0. The molecule has 0 radical (unpaired) electrons. The number of hydrogen-bond acceptors (Lipinski definition) is 4. The van der Waals surface area contributed by atoms with Crippen LogP contribution in [-0.4, -0.2) is 27.4 Å². The van der Waals surface area contributed by atoms with Gasteiger partial charge in [0.15, 0.2) is 5.78 Å². The molecule has 0 saturated heterocycles. The van der Waals surface area contributed by atoms with E-state index in [2.05, 4.69) is 15.5 Å². The first-order valence-corrected chi connectivity index (χ1v) is 6.12. The summed E-state index contributed by atoms with van der Waals surface area (Å²) < 4.78 is 28.9. The Morgan fingerprint density at radius 3 is 2.53 bits per heavy atom. The van der Waals surface area contributed by atoms with Gasteiger partial charge in [-0.2, -0.15) is 13.1 Å². The molecule has 88 valence electrons. The fourth-order valence-electron chi connectivity index (χ4n) is 0.738. The summed E-state index contributed by atoms with van der Waals surface area (Å²) in [5, 5.41) is 0. The summed E-state index contributed by atoms with van der Waals surface area (Å²) in [6.45, 7) is 7.04. The molecule has 0 aliphatic carbocycles. The summed E-state index contributed by atoms with van der Waals surface area (Å²) in [6, 6.07) is 0. The van der Waals surface area contributed by atoms with Crippen molar-refractivity contribution in [2.75, 3.05) is 13.2 Å². The van der Waals surface area contributed by atoms with E-state index in [4.69, 9.17) is 0 Å². The van der Waals surface area contributed by atoms with Crippen LogP contribution in [0.25, 0.3) is 0 Å². The van der Waals surface area contributed by atoms with Crippen molar-refractivity contribution in [3.05, 3.63) is 12.2 Å². The molecule has 15 heavy (non-hydrogen) atoms. The summed E-state index contributed by atoms with van der Waals surface area (Å²) in [5.74, 6) is -0.159. The third-order valence-electron chi connectivity index (χ3n) is 1.55. The van der Waals surface area contributed by atoms with Crippen LogP contribution in [0.2, 0.25) is 0 Å². The van der Waals surface area contributed by atoms with Crippen LogP contribution in [0.5, 0.6) is 0 Å². The van der Waals surface area contributed by atoms with Crippen LogP contribution in [0.3, 0.4) is 0 Å². The van der Waals surface area contributed by atoms with Crippen molar-refractivity contribution in [2.24, 2.45) is 0 Å². The van der Waals surface area contributed by atoms with E-state index in [1.54, 1.807) is 13.8 Å². The van der Waals surface area contributed by atoms with E-state index in [1.807, 2.05) is 0 Å². The Kier molecular flexibility index (Phi) is 6.38. The van der Waals surface area contributed by atoms with E-state index in [0.29, 0.717) is 12.0 Å². The molecular formula is C9H17NO4S. The predicted molar refractivity (Wildman–Crippen MR) is 57.6 cm³/mol. The van der Waals surface area contributed by atoms with Gasteiger partial charge >= 0.3 is 10.3 Å². The Bertz CT molecular complexity index is 321. The van der Waals surface area contributed by atoms with Crippen LogP contribution in [0, 0.1) is 0 Å². The third kappa shape index (κ3) is 7.24. The Labute approximate surface area is 90.8 Å². The minimum atomic E-state index is -3.70. The van der Waals surface area contributed by atoms with Crippen LogP contribution in [0.1, 0.15) is 26.7 Å². The monoisotopic (exact) mass is 235 g/mol. The van der Waals surface area contributed by atoms with Gasteiger partial charge in [-0.05, 0) is 18.9 Å². The lowest BCUT2D eigenvalue weighted by atomic mass is 10.2. The lowest BCUT2D eigenvalue weighted by molar-refractivity contribution is -0.115. The Hall–Kier alpha value is -0.720. The summed E-state index contributed by atoms with van der Waals surface area (Å²) in [6.07, 6.45) is 0.718. The highest BCUT2D eigenvalue weighted by atomic mass is 32.2. The zero-order valence-electron chi connectivity index (χ0n) is 9.08. The molecule has 0 atom stereocenters. The van der Waals surface area contributed by atoms with Crippen molar-refractivity contribution in [1.82, 2.24) is 4.72 Å². The first-order valence-electron chi connectivity index (χ1n) is 4.71. The van der Waals surface area contributed by atoms with Gasteiger partial charge in [0.2, 0.25) is 0 Å². The average molecular weight is 235 g/mol.